The first-order valence-corrected chi connectivity index (χ1v) is 8.11. The molecule has 1 N–H and O–H groups in total. The summed E-state index contributed by atoms with van der Waals surface area (Å²) in [6.45, 7) is 7.89. The largest absolute Gasteiger partial charge is 0.312 e. The van der Waals surface area contributed by atoms with Gasteiger partial charge in [-0.25, -0.2) is 4.98 Å². The number of nitrogens with zero attached hydrogens (tertiary/aromatic N) is 1. The molecule has 1 aliphatic rings. The fourth-order valence-corrected chi connectivity index (χ4v) is 3.45. The molecule has 2 rings (SSSR count). The van der Waals surface area contributed by atoms with Gasteiger partial charge in [0.1, 0.15) is 0 Å². The number of thiazole rings is 1. The molecule has 102 valence electrons. The molecule has 1 unspecified atom stereocenters. The van der Waals surface area contributed by atoms with Crippen molar-refractivity contribution in [2.24, 2.45) is 11.8 Å². The summed E-state index contributed by atoms with van der Waals surface area (Å²) in [6, 6.07) is 0. The summed E-state index contributed by atoms with van der Waals surface area (Å²) < 4.78 is 0. The highest BCUT2D eigenvalue weighted by atomic mass is 32.1. The highest BCUT2D eigenvalue weighted by Gasteiger charge is 2.26. The van der Waals surface area contributed by atoms with Crippen LogP contribution < -0.4 is 5.32 Å². The molecule has 1 aliphatic carbocycles. The molecule has 0 aromatic carbocycles. The fourth-order valence-electron chi connectivity index (χ4n) is 2.88. The van der Waals surface area contributed by atoms with Crippen LogP contribution in [0.4, 0.5) is 0 Å². The Hall–Kier alpha value is -0.410. The predicted octanol–water partition coefficient (Wildman–Crippen LogP) is 3.88. The van der Waals surface area contributed by atoms with Crippen molar-refractivity contribution >= 4 is 11.3 Å². The van der Waals surface area contributed by atoms with Crippen LogP contribution in [0, 0.1) is 11.8 Å². The molecule has 0 radical (unpaired) electrons. The third-order valence-corrected chi connectivity index (χ3v) is 4.55. The molecular weight excluding hydrogens is 240 g/mol. The lowest BCUT2D eigenvalue weighted by atomic mass is 9.86. The second kappa shape index (κ2) is 6.16. The van der Waals surface area contributed by atoms with Gasteiger partial charge in [0.05, 0.1) is 11.2 Å². The van der Waals surface area contributed by atoms with Crippen molar-refractivity contribution in [1.29, 1.82) is 0 Å². The summed E-state index contributed by atoms with van der Waals surface area (Å²) in [6.07, 6.45) is 6.83. The second-order valence-corrected chi connectivity index (χ2v) is 7.34. The van der Waals surface area contributed by atoms with Gasteiger partial charge in [0.25, 0.3) is 0 Å². The van der Waals surface area contributed by atoms with E-state index in [-0.39, 0.29) is 5.54 Å². The van der Waals surface area contributed by atoms with Gasteiger partial charge in [-0.05, 0) is 45.6 Å². The molecule has 3 heteroatoms. The molecule has 1 atom stereocenters. The van der Waals surface area contributed by atoms with E-state index in [1.54, 1.807) is 11.3 Å². The normalized spacial score (nSPS) is 19.3. The molecule has 2 nitrogen and oxygen atoms in total. The number of nitrogens with one attached hydrogen (secondary N) is 1. The number of hydrogen-bond acceptors (Lipinski definition) is 3. The smallest absolute Gasteiger partial charge is 0.0794 e. The van der Waals surface area contributed by atoms with Crippen molar-refractivity contribution in [2.75, 3.05) is 6.54 Å². The monoisotopic (exact) mass is 266 g/mol. The van der Waals surface area contributed by atoms with Crippen molar-refractivity contribution in [3.05, 3.63) is 16.6 Å². The van der Waals surface area contributed by atoms with Gasteiger partial charge in [0.2, 0.25) is 0 Å². The van der Waals surface area contributed by atoms with Crippen LogP contribution in [0.1, 0.15) is 52.1 Å². The molecular formula is C15H26N2S. The Bertz CT molecular complexity index is 334. The van der Waals surface area contributed by atoms with Gasteiger partial charge in [-0.1, -0.05) is 25.7 Å². The van der Waals surface area contributed by atoms with Crippen LogP contribution in [0.25, 0.3) is 0 Å². The van der Waals surface area contributed by atoms with Crippen LogP contribution in [-0.4, -0.2) is 17.1 Å². The summed E-state index contributed by atoms with van der Waals surface area (Å²) in [5, 5.41) is 5.89. The average molecular weight is 266 g/mol. The summed E-state index contributed by atoms with van der Waals surface area (Å²) in [7, 11) is 0. The molecule has 0 bridgehead atoms. The zero-order valence-electron chi connectivity index (χ0n) is 11.9. The van der Waals surface area contributed by atoms with Gasteiger partial charge in [-0.15, -0.1) is 11.3 Å². The lowest BCUT2D eigenvalue weighted by Gasteiger charge is -2.28. The van der Waals surface area contributed by atoms with Crippen LogP contribution in [0.2, 0.25) is 0 Å². The second-order valence-electron chi connectivity index (χ2n) is 6.62. The highest BCUT2D eigenvalue weighted by molar-refractivity contribution is 7.07. The molecule has 1 heterocycles. The fraction of sp³-hybridized carbons (Fsp3) is 0.800. The van der Waals surface area contributed by atoms with Gasteiger partial charge in [-0.2, -0.15) is 0 Å². The molecule has 0 aliphatic heterocycles. The van der Waals surface area contributed by atoms with Crippen LogP contribution in [0.15, 0.2) is 10.9 Å². The Morgan fingerprint density at radius 2 is 2.11 bits per heavy atom. The zero-order valence-corrected chi connectivity index (χ0v) is 12.7. The number of aromatic nitrogens is 1. The van der Waals surface area contributed by atoms with Crippen molar-refractivity contribution < 1.29 is 0 Å². The minimum Gasteiger partial charge on any atom is -0.312 e. The standard InChI is InChI=1S/C15H26N2S/c1-15(2,3)17-9-13(12-6-4-5-7-12)8-14-10-18-11-16-14/h10-13,17H,4-9H2,1-3H3. The van der Waals surface area contributed by atoms with Crippen LogP contribution in [0.3, 0.4) is 0 Å². The van der Waals surface area contributed by atoms with Crippen molar-refractivity contribution in [1.82, 2.24) is 10.3 Å². The molecule has 1 aromatic rings. The quantitative estimate of drug-likeness (QED) is 0.875. The summed E-state index contributed by atoms with van der Waals surface area (Å²) in [5.74, 6) is 1.66. The van der Waals surface area contributed by atoms with Gasteiger partial charge in [-0.3, -0.25) is 0 Å². The summed E-state index contributed by atoms with van der Waals surface area (Å²) in [5.41, 5.74) is 3.46. The summed E-state index contributed by atoms with van der Waals surface area (Å²) in [4.78, 5) is 4.46. The van der Waals surface area contributed by atoms with E-state index in [2.05, 4.69) is 36.5 Å². The number of hydrogen-bond donors (Lipinski definition) is 1. The Morgan fingerprint density at radius 1 is 1.39 bits per heavy atom. The maximum atomic E-state index is 4.46. The molecule has 18 heavy (non-hydrogen) atoms. The molecule has 1 saturated carbocycles. The third kappa shape index (κ3) is 4.36. The van der Waals surface area contributed by atoms with Gasteiger partial charge in [0.15, 0.2) is 0 Å². The Kier molecular flexibility index (Phi) is 4.79. The molecule has 0 spiro atoms. The zero-order chi connectivity index (χ0) is 13.0. The Morgan fingerprint density at radius 3 is 2.67 bits per heavy atom. The molecule has 1 aromatic heterocycles. The summed E-state index contributed by atoms with van der Waals surface area (Å²) >= 11 is 1.72. The first kappa shape index (κ1) is 14.0. The van der Waals surface area contributed by atoms with E-state index in [1.165, 1.54) is 31.4 Å². The van der Waals surface area contributed by atoms with Crippen LogP contribution >= 0.6 is 11.3 Å². The maximum Gasteiger partial charge on any atom is 0.0794 e. The third-order valence-electron chi connectivity index (χ3n) is 3.92. The van der Waals surface area contributed by atoms with E-state index in [1.807, 2.05) is 5.51 Å². The van der Waals surface area contributed by atoms with Crippen LogP contribution in [0.5, 0.6) is 0 Å². The minimum atomic E-state index is 0.221. The van der Waals surface area contributed by atoms with E-state index in [0.717, 1.165) is 24.8 Å². The first-order valence-electron chi connectivity index (χ1n) is 7.17. The van der Waals surface area contributed by atoms with Gasteiger partial charge in [0, 0.05) is 10.9 Å². The SMILES string of the molecule is CC(C)(C)NCC(Cc1cscn1)C1CCCC1. The van der Waals surface area contributed by atoms with E-state index in [0.29, 0.717) is 0 Å². The first-order chi connectivity index (χ1) is 8.54. The van der Waals surface area contributed by atoms with Crippen molar-refractivity contribution in [3.8, 4) is 0 Å². The molecule has 0 amide bonds. The topological polar surface area (TPSA) is 24.9 Å². The van der Waals surface area contributed by atoms with Crippen LogP contribution in [-0.2, 0) is 6.42 Å². The Balaban J connectivity index is 1.93. The minimum absolute atomic E-state index is 0.221. The van der Waals surface area contributed by atoms with E-state index >= 15 is 0 Å². The average Bonchev–Trinajstić information content (AvgIpc) is 2.95. The van der Waals surface area contributed by atoms with Gasteiger partial charge >= 0.3 is 0 Å². The van der Waals surface area contributed by atoms with E-state index in [4.69, 9.17) is 0 Å². The maximum absolute atomic E-state index is 4.46. The van der Waals surface area contributed by atoms with Crippen molar-refractivity contribution in [2.45, 2.75) is 58.4 Å². The Labute approximate surface area is 115 Å². The van der Waals surface area contributed by atoms with E-state index < -0.39 is 0 Å². The van der Waals surface area contributed by atoms with E-state index in [9.17, 15) is 0 Å². The predicted molar refractivity (Wildman–Crippen MR) is 79.0 cm³/mol. The number of rotatable bonds is 5. The molecule has 0 saturated heterocycles. The molecule has 1 fully saturated rings. The van der Waals surface area contributed by atoms with Crippen molar-refractivity contribution in [3.63, 3.8) is 0 Å². The lowest BCUT2D eigenvalue weighted by Crippen LogP contribution is -2.41. The van der Waals surface area contributed by atoms with Gasteiger partial charge < -0.3 is 5.32 Å². The lowest BCUT2D eigenvalue weighted by molar-refractivity contribution is 0.285. The highest BCUT2D eigenvalue weighted by Crippen LogP contribution is 2.33.